The SMILES string of the molecule is C=C(CCC/C=C(\C)CN(C)C1CCCCC1)N(C)C1CCCCC1. The zero-order chi connectivity index (χ0) is 18.1. The lowest BCUT2D eigenvalue weighted by Crippen LogP contribution is -2.34. The average molecular weight is 347 g/mol. The number of unbranched alkanes of at least 4 members (excludes halogenated alkanes) is 1. The van der Waals surface area contributed by atoms with Crippen LogP contribution >= 0.6 is 0 Å². The van der Waals surface area contributed by atoms with Gasteiger partial charge in [0.05, 0.1) is 0 Å². The number of nitrogens with zero attached hydrogens (tertiary/aromatic N) is 2. The number of likely N-dealkylation sites (N-methyl/N-ethyl adjacent to an activating group) is 1. The highest BCUT2D eigenvalue weighted by Gasteiger charge is 2.19. The first-order valence-electron chi connectivity index (χ1n) is 10.8. The topological polar surface area (TPSA) is 6.48 Å². The third kappa shape index (κ3) is 7.17. The van der Waals surface area contributed by atoms with Gasteiger partial charge in [-0.15, -0.1) is 0 Å². The third-order valence-electron chi connectivity index (χ3n) is 6.48. The van der Waals surface area contributed by atoms with Crippen molar-refractivity contribution < 1.29 is 0 Å². The van der Waals surface area contributed by atoms with Crippen molar-refractivity contribution in [1.82, 2.24) is 9.80 Å². The summed E-state index contributed by atoms with van der Waals surface area (Å²) in [5.41, 5.74) is 2.89. The molecular weight excluding hydrogens is 304 g/mol. The Hall–Kier alpha value is -0.760. The molecule has 0 unspecified atom stereocenters. The fraction of sp³-hybridized carbons (Fsp3) is 0.826. The van der Waals surface area contributed by atoms with Crippen molar-refractivity contribution in [2.45, 2.75) is 102 Å². The van der Waals surface area contributed by atoms with Crippen molar-refractivity contribution >= 4 is 0 Å². The highest BCUT2D eigenvalue weighted by molar-refractivity contribution is 5.02. The minimum absolute atomic E-state index is 0.752. The molecule has 0 atom stereocenters. The second kappa shape index (κ2) is 11.1. The Morgan fingerprint density at radius 3 is 2.08 bits per heavy atom. The van der Waals surface area contributed by atoms with Crippen LogP contribution < -0.4 is 0 Å². The van der Waals surface area contributed by atoms with Crippen molar-refractivity contribution in [2.24, 2.45) is 0 Å². The van der Waals surface area contributed by atoms with Crippen LogP contribution in [0.2, 0.25) is 0 Å². The lowest BCUT2D eigenvalue weighted by Gasteiger charge is -2.34. The molecule has 0 spiro atoms. The fourth-order valence-electron chi connectivity index (χ4n) is 4.67. The van der Waals surface area contributed by atoms with Crippen LogP contribution in [0, 0.1) is 0 Å². The van der Waals surface area contributed by atoms with Crippen molar-refractivity contribution in [3.05, 3.63) is 23.9 Å². The van der Waals surface area contributed by atoms with Crippen LogP contribution in [0.1, 0.15) is 90.4 Å². The Kier molecular flexibility index (Phi) is 9.09. The number of hydrogen-bond donors (Lipinski definition) is 0. The van der Waals surface area contributed by atoms with Gasteiger partial charge >= 0.3 is 0 Å². The molecule has 0 aromatic rings. The fourth-order valence-corrected chi connectivity index (χ4v) is 4.67. The highest BCUT2D eigenvalue weighted by Crippen LogP contribution is 2.25. The molecule has 0 bridgehead atoms. The van der Waals surface area contributed by atoms with Crippen molar-refractivity contribution in [2.75, 3.05) is 20.6 Å². The van der Waals surface area contributed by atoms with E-state index in [1.54, 1.807) is 5.57 Å². The predicted octanol–water partition coefficient (Wildman–Crippen LogP) is 6.15. The van der Waals surface area contributed by atoms with E-state index in [4.69, 9.17) is 0 Å². The van der Waals surface area contributed by atoms with Gasteiger partial charge in [0.2, 0.25) is 0 Å². The second-order valence-corrected chi connectivity index (χ2v) is 8.62. The van der Waals surface area contributed by atoms with Crippen LogP contribution in [0.5, 0.6) is 0 Å². The monoisotopic (exact) mass is 346 g/mol. The largest absolute Gasteiger partial charge is 0.375 e. The summed E-state index contributed by atoms with van der Waals surface area (Å²) in [5.74, 6) is 0. The van der Waals surface area contributed by atoms with Gasteiger partial charge in [-0.25, -0.2) is 0 Å². The molecule has 2 heteroatoms. The summed E-state index contributed by atoms with van der Waals surface area (Å²) >= 11 is 0. The summed E-state index contributed by atoms with van der Waals surface area (Å²) in [6.45, 7) is 7.81. The molecule has 0 radical (unpaired) electrons. The Labute approximate surface area is 157 Å². The van der Waals surface area contributed by atoms with E-state index < -0.39 is 0 Å². The zero-order valence-electron chi connectivity index (χ0n) is 17.2. The molecule has 0 amide bonds. The van der Waals surface area contributed by atoms with Crippen LogP contribution in [-0.4, -0.2) is 42.5 Å². The first kappa shape index (κ1) is 20.6. The van der Waals surface area contributed by atoms with E-state index in [-0.39, 0.29) is 0 Å². The minimum atomic E-state index is 0.752. The van der Waals surface area contributed by atoms with Crippen LogP contribution in [0.15, 0.2) is 23.9 Å². The van der Waals surface area contributed by atoms with Crippen LogP contribution in [-0.2, 0) is 0 Å². The molecule has 2 rings (SSSR count). The van der Waals surface area contributed by atoms with Crippen molar-refractivity contribution in [1.29, 1.82) is 0 Å². The average Bonchev–Trinajstić information content (AvgIpc) is 2.65. The van der Waals surface area contributed by atoms with Crippen molar-refractivity contribution in [3.8, 4) is 0 Å². The van der Waals surface area contributed by atoms with Crippen LogP contribution in [0.4, 0.5) is 0 Å². The molecule has 144 valence electrons. The Bertz CT molecular complexity index is 414. The van der Waals surface area contributed by atoms with Gasteiger partial charge in [-0.1, -0.05) is 56.8 Å². The third-order valence-corrected chi connectivity index (χ3v) is 6.48. The molecule has 0 aromatic carbocycles. The normalized spacial score (nSPS) is 20.9. The molecule has 0 saturated heterocycles. The van der Waals surface area contributed by atoms with E-state index in [1.807, 2.05) is 0 Å². The molecule has 2 saturated carbocycles. The smallest absolute Gasteiger partial charge is 0.0283 e. The highest BCUT2D eigenvalue weighted by atomic mass is 15.1. The summed E-state index contributed by atoms with van der Waals surface area (Å²) in [6.07, 6.45) is 20.1. The number of rotatable bonds is 9. The zero-order valence-corrected chi connectivity index (χ0v) is 17.2. The molecule has 2 fully saturated rings. The van der Waals surface area contributed by atoms with Gasteiger partial charge in [-0.05, 0) is 58.9 Å². The van der Waals surface area contributed by atoms with Gasteiger partial charge in [-0.2, -0.15) is 0 Å². The summed E-state index contributed by atoms with van der Waals surface area (Å²) in [7, 11) is 4.58. The maximum atomic E-state index is 4.35. The molecule has 2 nitrogen and oxygen atoms in total. The molecule has 2 aliphatic rings. The maximum absolute atomic E-state index is 4.35. The lowest BCUT2D eigenvalue weighted by atomic mass is 9.94. The van der Waals surface area contributed by atoms with E-state index in [9.17, 15) is 0 Å². The van der Waals surface area contributed by atoms with E-state index >= 15 is 0 Å². The van der Waals surface area contributed by atoms with Gasteiger partial charge in [-0.3, -0.25) is 4.90 Å². The summed E-state index contributed by atoms with van der Waals surface area (Å²) < 4.78 is 0. The second-order valence-electron chi connectivity index (χ2n) is 8.62. The minimum Gasteiger partial charge on any atom is -0.375 e. The lowest BCUT2D eigenvalue weighted by molar-refractivity contribution is 0.205. The summed E-state index contributed by atoms with van der Waals surface area (Å²) in [4.78, 5) is 5.06. The van der Waals surface area contributed by atoms with Gasteiger partial charge < -0.3 is 4.90 Å². The molecule has 0 N–H and O–H groups in total. The van der Waals surface area contributed by atoms with Gasteiger partial charge in [0.1, 0.15) is 0 Å². The Morgan fingerprint density at radius 1 is 0.920 bits per heavy atom. The summed E-state index contributed by atoms with van der Waals surface area (Å²) in [6, 6.07) is 1.57. The quantitative estimate of drug-likeness (QED) is 0.365. The Balaban J connectivity index is 1.62. The molecule has 25 heavy (non-hydrogen) atoms. The Morgan fingerprint density at radius 2 is 1.48 bits per heavy atom. The van der Waals surface area contributed by atoms with E-state index in [1.165, 1.54) is 82.7 Å². The molecule has 0 heterocycles. The number of allylic oxidation sites excluding steroid dienone is 2. The van der Waals surface area contributed by atoms with Crippen molar-refractivity contribution in [3.63, 3.8) is 0 Å². The van der Waals surface area contributed by atoms with E-state index in [0.29, 0.717) is 0 Å². The summed E-state index contributed by atoms with van der Waals surface area (Å²) in [5, 5.41) is 0. The predicted molar refractivity (Wildman–Crippen MR) is 111 cm³/mol. The van der Waals surface area contributed by atoms with Gasteiger partial charge in [0, 0.05) is 31.4 Å². The van der Waals surface area contributed by atoms with Crippen LogP contribution in [0.3, 0.4) is 0 Å². The maximum Gasteiger partial charge on any atom is 0.0283 e. The molecule has 2 aliphatic carbocycles. The van der Waals surface area contributed by atoms with E-state index in [0.717, 1.165) is 25.0 Å². The molecular formula is C23H42N2. The van der Waals surface area contributed by atoms with Crippen LogP contribution in [0.25, 0.3) is 0 Å². The standard InChI is InChI=1S/C23H42N2/c1-20(19-24(3)22-15-7-5-8-16-22)13-11-12-14-21(2)25(4)23-17-9-6-10-18-23/h13,22-23H,2,5-12,14-19H2,1,3-4H3/b20-13+. The number of hydrogen-bond acceptors (Lipinski definition) is 2. The molecule has 0 aromatic heterocycles. The first-order valence-corrected chi connectivity index (χ1v) is 10.8. The van der Waals surface area contributed by atoms with Gasteiger partial charge in [0.25, 0.3) is 0 Å². The first-order chi connectivity index (χ1) is 12.1. The van der Waals surface area contributed by atoms with E-state index in [2.05, 4.69) is 43.5 Å². The van der Waals surface area contributed by atoms with Gasteiger partial charge in [0.15, 0.2) is 0 Å². The molecule has 0 aliphatic heterocycles.